The molecule has 142 valence electrons. The van der Waals surface area contributed by atoms with Gasteiger partial charge in [0.05, 0.1) is 12.3 Å². The van der Waals surface area contributed by atoms with Gasteiger partial charge >= 0.3 is 5.97 Å². The van der Waals surface area contributed by atoms with Crippen LogP contribution in [0.3, 0.4) is 0 Å². The molecule has 6 nitrogen and oxygen atoms in total. The lowest BCUT2D eigenvalue weighted by molar-refractivity contribution is -0.143. The van der Waals surface area contributed by atoms with Gasteiger partial charge in [0, 0.05) is 24.0 Å². The molecule has 0 aliphatic carbocycles. The van der Waals surface area contributed by atoms with Crippen LogP contribution in [0.25, 0.3) is 5.69 Å². The Hall–Kier alpha value is -3.59. The number of pyridine rings is 1. The van der Waals surface area contributed by atoms with E-state index in [0.717, 1.165) is 17.0 Å². The molecular formula is C22H21N3O3. The van der Waals surface area contributed by atoms with Crippen LogP contribution in [0.15, 0.2) is 53.6 Å². The summed E-state index contributed by atoms with van der Waals surface area (Å²) in [5.41, 5.74) is 3.07. The Morgan fingerprint density at radius 2 is 2.00 bits per heavy atom. The first-order valence-electron chi connectivity index (χ1n) is 8.97. The van der Waals surface area contributed by atoms with Crippen molar-refractivity contribution in [1.82, 2.24) is 14.1 Å². The van der Waals surface area contributed by atoms with E-state index in [1.807, 2.05) is 38.1 Å². The van der Waals surface area contributed by atoms with E-state index in [1.54, 1.807) is 30.0 Å². The van der Waals surface area contributed by atoms with Gasteiger partial charge in [-0.1, -0.05) is 18.1 Å². The topological polar surface area (TPSA) is 66.1 Å². The first-order chi connectivity index (χ1) is 13.5. The molecule has 0 amide bonds. The second kappa shape index (κ2) is 8.40. The van der Waals surface area contributed by atoms with Gasteiger partial charge < -0.3 is 13.9 Å². The van der Waals surface area contributed by atoms with Crippen LogP contribution >= 0.6 is 0 Å². The quantitative estimate of drug-likeness (QED) is 0.519. The molecule has 0 bridgehead atoms. The zero-order chi connectivity index (χ0) is 20.1. The molecule has 0 aliphatic rings. The average molecular weight is 375 g/mol. The van der Waals surface area contributed by atoms with E-state index in [0.29, 0.717) is 11.4 Å². The number of carbonyl (C=O) groups excluding carboxylic acids is 1. The maximum absolute atomic E-state index is 12.3. The van der Waals surface area contributed by atoms with Gasteiger partial charge in [-0.2, -0.15) is 0 Å². The second-order valence-corrected chi connectivity index (χ2v) is 6.32. The lowest BCUT2D eigenvalue weighted by atomic mass is 10.1. The van der Waals surface area contributed by atoms with Crippen molar-refractivity contribution in [1.29, 1.82) is 0 Å². The number of ether oxygens (including phenoxy) is 1. The van der Waals surface area contributed by atoms with Gasteiger partial charge in [-0.15, -0.1) is 0 Å². The number of benzene rings is 1. The highest BCUT2D eigenvalue weighted by Crippen LogP contribution is 2.11. The maximum Gasteiger partial charge on any atom is 0.326 e. The number of carbonyl (C=O) groups is 1. The Bertz CT molecular complexity index is 1130. The molecular weight excluding hydrogens is 354 g/mol. The van der Waals surface area contributed by atoms with E-state index in [2.05, 4.69) is 16.8 Å². The van der Waals surface area contributed by atoms with E-state index in [-0.39, 0.29) is 18.7 Å². The average Bonchev–Trinajstić information content (AvgIpc) is 3.03. The highest BCUT2D eigenvalue weighted by Gasteiger charge is 2.09. The SMILES string of the molecule is CCOC(=O)Cn1ccc(-n2cc(C#Cc3cccc(C)c3)nc2C)cc1=O. The molecule has 0 saturated carbocycles. The van der Waals surface area contributed by atoms with E-state index < -0.39 is 5.97 Å². The van der Waals surface area contributed by atoms with Gasteiger partial charge in [0.15, 0.2) is 0 Å². The number of rotatable bonds is 4. The van der Waals surface area contributed by atoms with E-state index in [1.165, 1.54) is 10.6 Å². The van der Waals surface area contributed by atoms with Gasteiger partial charge in [0.1, 0.15) is 18.1 Å². The molecule has 2 aromatic heterocycles. The van der Waals surface area contributed by atoms with Crippen molar-refractivity contribution in [2.75, 3.05) is 6.61 Å². The molecule has 0 saturated heterocycles. The third-order valence-corrected chi connectivity index (χ3v) is 4.10. The molecule has 0 spiro atoms. The normalized spacial score (nSPS) is 10.2. The number of aryl methyl sites for hydroxylation is 2. The Morgan fingerprint density at radius 3 is 2.71 bits per heavy atom. The molecule has 0 fully saturated rings. The summed E-state index contributed by atoms with van der Waals surface area (Å²) in [6.07, 6.45) is 3.37. The smallest absolute Gasteiger partial charge is 0.326 e. The second-order valence-electron chi connectivity index (χ2n) is 6.32. The van der Waals surface area contributed by atoms with Crippen LogP contribution < -0.4 is 5.56 Å². The third kappa shape index (κ3) is 4.57. The third-order valence-electron chi connectivity index (χ3n) is 4.10. The number of nitrogens with zero attached hydrogens (tertiary/aromatic N) is 3. The van der Waals surface area contributed by atoms with E-state index in [4.69, 9.17) is 4.74 Å². The van der Waals surface area contributed by atoms with Gasteiger partial charge in [0.25, 0.3) is 5.56 Å². The van der Waals surface area contributed by atoms with Crippen molar-refractivity contribution >= 4 is 5.97 Å². The van der Waals surface area contributed by atoms with Crippen LogP contribution in [0.2, 0.25) is 0 Å². The summed E-state index contributed by atoms with van der Waals surface area (Å²) >= 11 is 0. The summed E-state index contributed by atoms with van der Waals surface area (Å²) in [5.74, 6) is 6.44. The fourth-order valence-corrected chi connectivity index (χ4v) is 2.78. The maximum atomic E-state index is 12.3. The molecule has 0 radical (unpaired) electrons. The minimum atomic E-state index is -0.440. The fraction of sp³-hybridized carbons (Fsp3) is 0.227. The van der Waals surface area contributed by atoms with Crippen molar-refractivity contribution < 1.29 is 9.53 Å². The monoisotopic (exact) mass is 375 g/mol. The first-order valence-corrected chi connectivity index (χ1v) is 8.97. The molecule has 2 heterocycles. The molecule has 6 heteroatoms. The van der Waals surface area contributed by atoms with Gasteiger partial charge in [0.2, 0.25) is 0 Å². The molecule has 28 heavy (non-hydrogen) atoms. The molecule has 3 aromatic rings. The van der Waals surface area contributed by atoms with Crippen molar-refractivity contribution in [2.45, 2.75) is 27.3 Å². The minimum absolute atomic E-state index is 0.108. The van der Waals surface area contributed by atoms with Crippen LogP contribution in [0.5, 0.6) is 0 Å². The van der Waals surface area contributed by atoms with Gasteiger partial charge in [-0.25, -0.2) is 4.98 Å². The highest BCUT2D eigenvalue weighted by atomic mass is 16.5. The summed E-state index contributed by atoms with van der Waals surface area (Å²) in [7, 11) is 0. The summed E-state index contributed by atoms with van der Waals surface area (Å²) in [4.78, 5) is 28.3. The number of aromatic nitrogens is 3. The lowest BCUT2D eigenvalue weighted by Gasteiger charge is -2.08. The zero-order valence-corrected chi connectivity index (χ0v) is 16.1. The van der Waals surface area contributed by atoms with Crippen LogP contribution in [0.4, 0.5) is 0 Å². The molecule has 1 aromatic carbocycles. The molecule has 0 N–H and O–H groups in total. The summed E-state index contributed by atoms with van der Waals surface area (Å²) < 4.78 is 7.99. The van der Waals surface area contributed by atoms with Crippen molar-refractivity contribution in [2.24, 2.45) is 0 Å². The molecule has 0 unspecified atom stereocenters. The Labute approximate surface area is 163 Å². The van der Waals surface area contributed by atoms with Crippen LogP contribution in [-0.2, 0) is 16.1 Å². The van der Waals surface area contributed by atoms with Gasteiger partial charge in [-0.3, -0.25) is 9.59 Å². The fourth-order valence-electron chi connectivity index (χ4n) is 2.78. The minimum Gasteiger partial charge on any atom is -0.465 e. The molecule has 3 rings (SSSR count). The zero-order valence-electron chi connectivity index (χ0n) is 16.1. The largest absolute Gasteiger partial charge is 0.465 e. The number of hydrogen-bond donors (Lipinski definition) is 0. The molecule has 0 aliphatic heterocycles. The number of hydrogen-bond acceptors (Lipinski definition) is 4. The van der Waals surface area contributed by atoms with Crippen LogP contribution in [-0.4, -0.2) is 26.7 Å². The van der Waals surface area contributed by atoms with E-state index in [9.17, 15) is 9.59 Å². The lowest BCUT2D eigenvalue weighted by Crippen LogP contribution is -2.24. The van der Waals surface area contributed by atoms with Crippen LogP contribution in [0, 0.1) is 25.7 Å². The van der Waals surface area contributed by atoms with Crippen molar-refractivity contribution in [3.8, 4) is 17.5 Å². The van der Waals surface area contributed by atoms with Crippen molar-refractivity contribution in [3.05, 3.63) is 81.8 Å². The Morgan fingerprint density at radius 1 is 1.18 bits per heavy atom. The Kier molecular flexibility index (Phi) is 5.75. The van der Waals surface area contributed by atoms with E-state index >= 15 is 0 Å². The summed E-state index contributed by atoms with van der Waals surface area (Å²) in [6, 6.07) is 11.2. The predicted octanol–water partition coefficient (Wildman–Crippen LogP) is 2.61. The highest BCUT2D eigenvalue weighted by molar-refractivity contribution is 5.69. The van der Waals surface area contributed by atoms with Crippen molar-refractivity contribution in [3.63, 3.8) is 0 Å². The summed E-state index contributed by atoms with van der Waals surface area (Å²) in [5, 5.41) is 0. The molecule has 0 atom stereocenters. The summed E-state index contributed by atoms with van der Waals surface area (Å²) in [6.45, 7) is 5.77. The first kappa shape index (κ1) is 19.2. The standard InChI is InChI=1S/C22H21N3O3/c1-4-28-22(27)15-24-11-10-20(13-21(24)26)25-14-19(23-17(25)3)9-8-18-7-5-6-16(2)12-18/h5-7,10-14H,4,15H2,1-3H3. The van der Waals surface area contributed by atoms with Gasteiger partial charge in [-0.05, 0) is 50.5 Å². The number of esters is 1. The van der Waals surface area contributed by atoms with Crippen LogP contribution in [0.1, 0.15) is 29.6 Å². The Balaban J connectivity index is 1.84. The number of imidazole rings is 1. The predicted molar refractivity (Wildman–Crippen MR) is 106 cm³/mol.